The SMILES string of the molecule is CCN(CCC(=O)Nc1ccccc1C#N)CC(N)=O. The molecule has 0 radical (unpaired) electrons. The van der Waals surface area contributed by atoms with Gasteiger partial charge < -0.3 is 11.1 Å². The Hall–Kier alpha value is -2.39. The number of anilines is 1. The summed E-state index contributed by atoms with van der Waals surface area (Å²) in [4.78, 5) is 24.4. The number of nitriles is 1. The normalized spacial score (nSPS) is 10.1. The van der Waals surface area contributed by atoms with Crippen LogP contribution in [0.15, 0.2) is 24.3 Å². The van der Waals surface area contributed by atoms with E-state index in [1.54, 1.807) is 29.2 Å². The first-order valence-electron chi connectivity index (χ1n) is 6.36. The van der Waals surface area contributed by atoms with Gasteiger partial charge in [0.25, 0.3) is 0 Å². The van der Waals surface area contributed by atoms with E-state index >= 15 is 0 Å². The minimum Gasteiger partial charge on any atom is -0.369 e. The summed E-state index contributed by atoms with van der Waals surface area (Å²) in [6.45, 7) is 3.12. The van der Waals surface area contributed by atoms with Gasteiger partial charge in [0.15, 0.2) is 0 Å². The predicted octanol–water partition coefficient (Wildman–Crippen LogP) is 0.694. The summed E-state index contributed by atoms with van der Waals surface area (Å²) >= 11 is 0. The van der Waals surface area contributed by atoms with Crippen LogP contribution in [0.3, 0.4) is 0 Å². The minimum atomic E-state index is -0.415. The first-order chi connectivity index (χ1) is 9.56. The molecule has 6 nitrogen and oxygen atoms in total. The van der Waals surface area contributed by atoms with Crippen LogP contribution in [0.2, 0.25) is 0 Å². The molecule has 0 atom stereocenters. The maximum Gasteiger partial charge on any atom is 0.231 e. The van der Waals surface area contributed by atoms with Crippen molar-refractivity contribution >= 4 is 17.5 Å². The summed E-state index contributed by atoms with van der Waals surface area (Å²) in [5, 5.41) is 11.6. The van der Waals surface area contributed by atoms with Crippen LogP contribution in [0.4, 0.5) is 5.69 Å². The third-order valence-corrected chi connectivity index (χ3v) is 2.80. The molecule has 6 heteroatoms. The molecule has 0 unspecified atom stereocenters. The molecular formula is C14H18N4O2. The zero-order valence-corrected chi connectivity index (χ0v) is 11.4. The molecule has 20 heavy (non-hydrogen) atoms. The average Bonchev–Trinajstić information content (AvgIpc) is 2.43. The van der Waals surface area contributed by atoms with E-state index in [0.29, 0.717) is 24.3 Å². The van der Waals surface area contributed by atoms with Gasteiger partial charge in [-0.2, -0.15) is 5.26 Å². The lowest BCUT2D eigenvalue weighted by Crippen LogP contribution is -2.35. The van der Waals surface area contributed by atoms with E-state index in [2.05, 4.69) is 5.32 Å². The highest BCUT2D eigenvalue weighted by atomic mass is 16.2. The molecule has 0 aliphatic carbocycles. The highest BCUT2D eigenvalue weighted by molar-refractivity contribution is 5.92. The lowest BCUT2D eigenvalue weighted by Gasteiger charge is -2.18. The first kappa shape index (κ1) is 15.7. The third kappa shape index (κ3) is 5.08. The monoisotopic (exact) mass is 274 g/mol. The zero-order chi connectivity index (χ0) is 15.0. The predicted molar refractivity (Wildman–Crippen MR) is 75.7 cm³/mol. The van der Waals surface area contributed by atoms with Gasteiger partial charge in [0, 0.05) is 13.0 Å². The quantitative estimate of drug-likeness (QED) is 0.764. The molecule has 106 valence electrons. The van der Waals surface area contributed by atoms with E-state index in [-0.39, 0.29) is 18.9 Å². The van der Waals surface area contributed by atoms with Crippen molar-refractivity contribution < 1.29 is 9.59 Å². The molecule has 0 aliphatic heterocycles. The number of nitrogens with one attached hydrogen (secondary N) is 1. The molecule has 0 saturated heterocycles. The van der Waals surface area contributed by atoms with Crippen LogP contribution in [-0.4, -0.2) is 36.3 Å². The van der Waals surface area contributed by atoms with Crippen molar-refractivity contribution in [2.45, 2.75) is 13.3 Å². The van der Waals surface area contributed by atoms with E-state index in [1.165, 1.54) is 0 Å². The Morgan fingerprint density at radius 2 is 2.10 bits per heavy atom. The Balaban J connectivity index is 2.51. The highest BCUT2D eigenvalue weighted by Gasteiger charge is 2.10. The number of nitrogens with zero attached hydrogens (tertiary/aromatic N) is 2. The molecule has 2 amide bonds. The molecule has 0 saturated carbocycles. The van der Waals surface area contributed by atoms with Crippen molar-refractivity contribution in [1.29, 1.82) is 5.26 Å². The van der Waals surface area contributed by atoms with Gasteiger partial charge in [0.05, 0.1) is 17.8 Å². The second kappa shape index (κ2) is 7.92. The number of para-hydroxylation sites is 1. The van der Waals surface area contributed by atoms with Gasteiger partial charge in [-0.25, -0.2) is 0 Å². The molecule has 0 bridgehead atoms. The van der Waals surface area contributed by atoms with Gasteiger partial charge >= 0.3 is 0 Å². The van der Waals surface area contributed by atoms with Crippen LogP contribution in [0.5, 0.6) is 0 Å². The lowest BCUT2D eigenvalue weighted by atomic mass is 10.2. The third-order valence-electron chi connectivity index (χ3n) is 2.80. The smallest absolute Gasteiger partial charge is 0.231 e. The highest BCUT2D eigenvalue weighted by Crippen LogP contribution is 2.13. The second-order valence-electron chi connectivity index (χ2n) is 4.29. The van der Waals surface area contributed by atoms with Crippen molar-refractivity contribution in [2.24, 2.45) is 5.73 Å². The Morgan fingerprint density at radius 3 is 2.70 bits per heavy atom. The van der Waals surface area contributed by atoms with Crippen LogP contribution >= 0.6 is 0 Å². The molecule has 0 fully saturated rings. The van der Waals surface area contributed by atoms with Crippen molar-refractivity contribution in [1.82, 2.24) is 4.90 Å². The van der Waals surface area contributed by atoms with E-state index in [0.717, 1.165) is 0 Å². The summed E-state index contributed by atoms with van der Waals surface area (Å²) in [6, 6.07) is 8.82. The fraction of sp³-hybridized carbons (Fsp3) is 0.357. The zero-order valence-electron chi connectivity index (χ0n) is 11.4. The van der Waals surface area contributed by atoms with Crippen LogP contribution in [-0.2, 0) is 9.59 Å². The Bertz CT molecular complexity index is 522. The number of hydrogen-bond donors (Lipinski definition) is 2. The molecule has 3 N–H and O–H groups in total. The Morgan fingerprint density at radius 1 is 1.40 bits per heavy atom. The molecule has 0 spiro atoms. The van der Waals surface area contributed by atoms with E-state index < -0.39 is 5.91 Å². The summed E-state index contributed by atoms with van der Waals surface area (Å²) in [5.74, 6) is -0.613. The van der Waals surface area contributed by atoms with Gasteiger partial charge in [-0.3, -0.25) is 14.5 Å². The molecule has 0 aliphatic rings. The molecule has 1 aromatic rings. The van der Waals surface area contributed by atoms with Crippen LogP contribution < -0.4 is 11.1 Å². The fourth-order valence-corrected chi connectivity index (χ4v) is 1.73. The van der Waals surface area contributed by atoms with Crippen LogP contribution in [0.25, 0.3) is 0 Å². The number of amides is 2. The molecule has 1 aromatic carbocycles. The lowest BCUT2D eigenvalue weighted by molar-refractivity contribution is -0.120. The molecule has 0 heterocycles. The van der Waals surface area contributed by atoms with Gasteiger partial charge in [0.1, 0.15) is 6.07 Å². The largest absolute Gasteiger partial charge is 0.369 e. The first-order valence-corrected chi connectivity index (χ1v) is 6.36. The van der Waals surface area contributed by atoms with Crippen LogP contribution in [0.1, 0.15) is 18.9 Å². The maximum absolute atomic E-state index is 11.8. The Labute approximate surface area is 118 Å². The second-order valence-corrected chi connectivity index (χ2v) is 4.29. The number of primary amides is 1. The summed E-state index contributed by atoms with van der Waals surface area (Å²) in [7, 11) is 0. The van der Waals surface area contributed by atoms with Gasteiger partial charge in [-0.15, -0.1) is 0 Å². The summed E-state index contributed by atoms with van der Waals surface area (Å²) in [5.41, 5.74) is 6.04. The summed E-state index contributed by atoms with van der Waals surface area (Å²) < 4.78 is 0. The summed E-state index contributed by atoms with van der Waals surface area (Å²) in [6.07, 6.45) is 0.237. The fourth-order valence-electron chi connectivity index (χ4n) is 1.73. The van der Waals surface area contributed by atoms with Gasteiger partial charge in [-0.05, 0) is 18.7 Å². The number of carbonyl (C=O) groups excluding carboxylic acids is 2. The average molecular weight is 274 g/mol. The number of rotatable bonds is 7. The van der Waals surface area contributed by atoms with Crippen molar-refractivity contribution in [3.05, 3.63) is 29.8 Å². The van der Waals surface area contributed by atoms with Gasteiger partial charge in [0.2, 0.25) is 11.8 Å². The van der Waals surface area contributed by atoms with Crippen molar-refractivity contribution in [3.63, 3.8) is 0 Å². The van der Waals surface area contributed by atoms with Crippen LogP contribution in [0, 0.1) is 11.3 Å². The Kier molecular flexibility index (Phi) is 6.20. The number of nitrogens with two attached hydrogens (primary N) is 1. The molecule has 0 aromatic heterocycles. The maximum atomic E-state index is 11.8. The topological polar surface area (TPSA) is 99.2 Å². The van der Waals surface area contributed by atoms with Crippen molar-refractivity contribution in [2.75, 3.05) is 25.0 Å². The number of likely N-dealkylation sites (N-methyl/N-ethyl adjacent to an activating group) is 1. The van der Waals surface area contributed by atoms with Crippen molar-refractivity contribution in [3.8, 4) is 6.07 Å². The molecule has 1 rings (SSSR count). The van der Waals surface area contributed by atoms with E-state index in [9.17, 15) is 9.59 Å². The van der Waals surface area contributed by atoms with E-state index in [1.807, 2.05) is 13.0 Å². The van der Waals surface area contributed by atoms with E-state index in [4.69, 9.17) is 11.0 Å². The minimum absolute atomic E-state index is 0.137. The number of hydrogen-bond acceptors (Lipinski definition) is 4. The molecular weight excluding hydrogens is 256 g/mol. The number of carbonyl (C=O) groups is 2. The standard InChI is InChI=1S/C14H18N4O2/c1-2-18(10-13(16)19)8-7-14(20)17-12-6-4-3-5-11(12)9-15/h3-6H,2,7-8,10H2,1H3,(H2,16,19)(H,17,20). The van der Waals surface area contributed by atoms with Gasteiger partial charge in [-0.1, -0.05) is 19.1 Å². The number of benzene rings is 1.